The van der Waals surface area contributed by atoms with Crippen LogP contribution in [0.25, 0.3) is 22.5 Å². The molecule has 0 fully saturated rings. The standard InChI is InChI=1S/C47H58N10O8.4C2HF3O2/c1-27-35(26-52-41(53-27)30-8-11-32(12-9-30)47(3,4)5)43(59)55-36(15-16-48)45(61)57(6)40-31-10-14-39(64-21-18-50)34(25-31)33-23-29(7-13-38(33)63-20-17-49)24-37(46(62)65-22-19-51)56-42(58)28(2)54-44(40)60;4*3-2(4,5)1(6)7/h7-14,23,25-26,28,36-37,40H,15-18,20-22,24,48-50H2,1-6H3,(H,54,60)(H,55,59)(H,56,58);4*(H,6,7)/t28-,36-,37-,40-;;;;/m0..../s1. The number of benzene rings is 3. The molecule has 1 aliphatic heterocycles. The fourth-order valence-corrected chi connectivity index (χ4v) is 7.25. The van der Waals surface area contributed by atoms with Crippen LogP contribution in [0.1, 0.15) is 72.9 Å². The van der Waals surface area contributed by atoms with Gasteiger partial charge in [0.25, 0.3) is 5.91 Å². The number of alkyl halides is 12. The molecule has 1 aromatic heterocycles. The molecule has 38 heteroatoms. The Bertz CT molecular complexity index is 3210. The number of aryl methyl sites for hydroxylation is 1. The van der Waals surface area contributed by atoms with Crippen LogP contribution in [-0.2, 0) is 54.9 Å². The number of amides is 4. The van der Waals surface area contributed by atoms with E-state index in [1.54, 1.807) is 49.4 Å². The maximum Gasteiger partial charge on any atom is 0.490 e. The average molecular weight is 1350 g/mol. The molecule has 0 aliphatic carbocycles. The second-order valence-corrected chi connectivity index (χ2v) is 19.8. The predicted molar refractivity (Wildman–Crippen MR) is 297 cm³/mol. The Morgan fingerprint density at radius 3 is 1.59 bits per heavy atom. The molecular formula is C55H62F12N10O16. The molecule has 512 valence electrons. The summed E-state index contributed by atoms with van der Waals surface area (Å²) in [6, 6.07) is 14.5. The van der Waals surface area contributed by atoms with Crippen LogP contribution in [0.4, 0.5) is 52.7 Å². The van der Waals surface area contributed by atoms with E-state index < -0.39 is 109 Å². The summed E-state index contributed by atoms with van der Waals surface area (Å²) < 4.78 is 144. The van der Waals surface area contributed by atoms with E-state index in [2.05, 4.69) is 46.7 Å². The van der Waals surface area contributed by atoms with Gasteiger partial charge in [0, 0.05) is 49.4 Å². The number of rotatable bonds is 15. The van der Waals surface area contributed by atoms with Crippen LogP contribution in [0.15, 0.2) is 66.9 Å². The Morgan fingerprint density at radius 2 is 1.17 bits per heavy atom. The van der Waals surface area contributed by atoms with Gasteiger partial charge in [0.05, 0.1) is 11.3 Å². The van der Waals surface area contributed by atoms with Crippen LogP contribution in [0.3, 0.4) is 0 Å². The summed E-state index contributed by atoms with van der Waals surface area (Å²) in [4.78, 5) is 116. The Balaban J connectivity index is 0.00000128. The van der Waals surface area contributed by atoms with Crippen molar-refractivity contribution < 1.29 is 130 Å². The first-order valence-electron chi connectivity index (χ1n) is 26.3. The summed E-state index contributed by atoms with van der Waals surface area (Å²) in [6.45, 7) is 9.53. The molecule has 0 spiro atoms. The van der Waals surface area contributed by atoms with Gasteiger partial charge in [0.15, 0.2) is 12.4 Å². The number of halogens is 12. The fourth-order valence-electron chi connectivity index (χ4n) is 7.25. The Kier molecular flexibility index (Phi) is 31.1. The van der Waals surface area contributed by atoms with Crippen molar-refractivity contribution in [2.75, 3.05) is 46.5 Å². The van der Waals surface area contributed by atoms with Crippen LogP contribution < -0.4 is 42.6 Å². The number of aliphatic carboxylic acids is 4. The summed E-state index contributed by atoms with van der Waals surface area (Å²) in [5.41, 5.74) is 21.8. The van der Waals surface area contributed by atoms with Gasteiger partial charge in [0.1, 0.15) is 54.9 Å². The smallest absolute Gasteiger partial charge is 0.490 e. The summed E-state index contributed by atoms with van der Waals surface area (Å²) in [7, 11) is 1.40. The van der Waals surface area contributed by atoms with E-state index in [0.29, 0.717) is 45.3 Å². The number of fused-ring (bicyclic) bond motifs is 5. The number of ether oxygens (including phenoxy) is 3. The fraction of sp³-hybridized carbons (Fsp3) is 0.418. The van der Waals surface area contributed by atoms with Gasteiger partial charge in [-0.2, -0.15) is 57.9 Å². The summed E-state index contributed by atoms with van der Waals surface area (Å²) in [6.07, 6.45) is -19.0. The Hall–Kier alpha value is -9.90. The lowest BCUT2D eigenvalue weighted by Crippen LogP contribution is -2.55. The van der Waals surface area contributed by atoms with Crippen molar-refractivity contribution >= 4 is 53.5 Å². The van der Waals surface area contributed by atoms with Gasteiger partial charge in [-0.05, 0) is 73.2 Å². The third kappa shape index (κ3) is 26.8. The summed E-state index contributed by atoms with van der Waals surface area (Å²) in [5.74, 6) is -13.5. The number of nitrogens with one attached hydrogen (secondary N) is 3. The van der Waals surface area contributed by atoms with Crippen molar-refractivity contribution in [2.45, 2.75) is 102 Å². The SMILES string of the molecule is Cc1nc(-c2ccc(C(C)(C)C)cc2)ncc1C(=O)N[C@@H](CCN)C(=O)N(C)[C@@H]1C(=O)N[C@@H](C)C(=O)N[C@H](C(=O)OCC#N)Cc2ccc(OCCN)c(c2)-c2cc1ccc2OCCN.O=C(O)C(F)(F)F.O=C(O)C(F)(F)F.O=C(O)C(F)(F)F.O=C(O)C(F)(F)F. The van der Waals surface area contributed by atoms with Crippen molar-refractivity contribution in [3.63, 3.8) is 0 Å². The van der Waals surface area contributed by atoms with Crippen LogP contribution in [0, 0.1) is 18.3 Å². The number of carboxylic acids is 4. The van der Waals surface area contributed by atoms with E-state index in [-0.39, 0.29) is 56.7 Å². The first kappa shape index (κ1) is 81.1. The second-order valence-electron chi connectivity index (χ2n) is 19.8. The van der Waals surface area contributed by atoms with Gasteiger partial charge in [0.2, 0.25) is 17.7 Å². The first-order chi connectivity index (χ1) is 42.8. The van der Waals surface area contributed by atoms with Crippen molar-refractivity contribution in [1.29, 1.82) is 5.26 Å². The number of carbonyl (C=O) groups excluding carboxylic acids is 5. The number of nitriles is 1. The maximum absolute atomic E-state index is 14.6. The van der Waals surface area contributed by atoms with Gasteiger partial charge >= 0.3 is 54.6 Å². The van der Waals surface area contributed by atoms with Gasteiger partial charge in [-0.25, -0.2) is 33.9 Å². The molecule has 0 radical (unpaired) electrons. The molecule has 2 heterocycles. The quantitative estimate of drug-likeness (QED) is 0.0559. The minimum absolute atomic E-state index is 0.00475. The molecule has 13 N–H and O–H groups in total. The van der Waals surface area contributed by atoms with E-state index in [0.717, 1.165) is 11.1 Å². The molecule has 4 bridgehead atoms. The zero-order valence-electron chi connectivity index (χ0n) is 49.6. The third-order valence-corrected chi connectivity index (χ3v) is 11.7. The topological polar surface area (TPSA) is 429 Å². The number of nitrogens with zero attached hydrogens (tertiary/aromatic N) is 4. The number of likely N-dealkylation sites (N-methyl/N-ethyl adjacent to an activating group) is 1. The van der Waals surface area contributed by atoms with Crippen molar-refractivity contribution in [1.82, 2.24) is 30.8 Å². The average Bonchev–Trinajstić information content (AvgIpc) is 0.792. The van der Waals surface area contributed by atoms with Crippen LogP contribution in [0.2, 0.25) is 0 Å². The molecule has 4 amide bonds. The highest BCUT2D eigenvalue weighted by molar-refractivity contribution is 6.00. The monoisotopic (exact) mass is 1350 g/mol. The number of aromatic nitrogens is 2. The number of carboxylic acid groups (broad SMARTS) is 4. The summed E-state index contributed by atoms with van der Waals surface area (Å²) in [5, 5.41) is 45.7. The van der Waals surface area contributed by atoms with Gasteiger partial charge in [-0.3, -0.25) is 19.2 Å². The van der Waals surface area contributed by atoms with Crippen LogP contribution in [0.5, 0.6) is 11.5 Å². The van der Waals surface area contributed by atoms with Crippen molar-refractivity contribution in [3.05, 3.63) is 94.8 Å². The molecule has 0 unspecified atom stereocenters. The molecule has 0 saturated carbocycles. The van der Waals surface area contributed by atoms with Gasteiger partial charge in [-0.1, -0.05) is 57.2 Å². The minimum Gasteiger partial charge on any atom is -0.492 e. The minimum atomic E-state index is -5.08. The molecule has 26 nitrogen and oxygen atoms in total. The molecule has 3 aromatic carbocycles. The lowest BCUT2D eigenvalue weighted by Gasteiger charge is -2.32. The Morgan fingerprint density at radius 1 is 0.710 bits per heavy atom. The van der Waals surface area contributed by atoms with Crippen molar-refractivity contribution in [3.8, 4) is 40.1 Å². The molecule has 4 atom stereocenters. The second kappa shape index (κ2) is 35.6. The molecular weight excluding hydrogens is 1280 g/mol. The van der Waals surface area contributed by atoms with Crippen molar-refractivity contribution in [2.24, 2.45) is 17.2 Å². The molecule has 0 saturated heterocycles. The highest BCUT2D eigenvalue weighted by Crippen LogP contribution is 2.40. The lowest BCUT2D eigenvalue weighted by molar-refractivity contribution is -0.193. The van der Waals surface area contributed by atoms with E-state index >= 15 is 0 Å². The summed E-state index contributed by atoms with van der Waals surface area (Å²) >= 11 is 0. The zero-order chi connectivity index (χ0) is 71.7. The van der Waals surface area contributed by atoms with Crippen LogP contribution in [-0.4, -0.2) is 178 Å². The molecule has 1 aliphatic rings. The number of esters is 1. The van der Waals surface area contributed by atoms with E-state index in [4.69, 9.17) is 76.3 Å². The lowest BCUT2D eigenvalue weighted by atomic mass is 9.87. The number of nitrogens with two attached hydrogens (primary N) is 3. The van der Waals surface area contributed by atoms with E-state index in [1.165, 1.54) is 25.1 Å². The molecule has 4 aromatic rings. The molecule has 93 heavy (non-hydrogen) atoms. The highest BCUT2D eigenvalue weighted by Gasteiger charge is 2.41. The number of hydrogen-bond acceptors (Lipinski definition) is 18. The largest absolute Gasteiger partial charge is 0.492 e. The van der Waals surface area contributed by atoms with Gasteiger partial charge in [-0.15, -0.1) is 0 Å². The zero-order valence-corrected chi connectivity index (χ0v) is 49.6. The highest BCUT2D eigenvalue weighted by atomic mass is 19.4. The van der Waals surface area contributed by atoms with E-state index in [1.807, 2.05) is 24.3 Å². The predicted octanol–water partition coefficient (Wildman–Crippen LogP) is 4.88. The number of carbonyl (C=O) groups is 9. The third-order valence-electron chi connectivity index (χ3n) is 11.7. The Labute approximate surface area is 519 Å². The van der Waals surface area contributed by atoms with E-state index in [9.17, 15) is 76.7 Å². The first-order valence-corrected chi connectivity index (χ1v) is 26.3. The van der Waals surface area contributed by atoms with Crippen LogP contribution >= 0.6 is 0 Å². The maximum atomic E-state index is 14.6. The molecule has 5 rings (SSSR count). The number of hydrogen-bond donors (Lipinski definition) is 10. The normalized spacial score (nSPS) is 15.1. The van der Waals surface area contributed by atoms with Gasteiger partial charge < -0.3 is 72.7 Å².